The van der Waals surface area contributed by atoms with Crippen molar-refractivity contribution >= 4 is 79.8 Å². The van der Waals surface area contributed by atoms with Crippen LogP contribution in [0.5, 0.6) is 0 Å². The Morgan fingerprint density at radius 2 is 1.05 bits per heavy atom. The van der Waals surface area contributed by atoms with Crippen LogP contribution < -0.4 is 16.9 Å². The summed E-state index contributed by atoms with van der Waals surface area (Å²) in [7, 11) is 1.22. The standard InChI is InChI=1S/C30H38BN3O5.C28H32N6O3/c1-17-14-33(15-18(2)37-17)28(36)20-9-10-22-23-12-21(31-38-29(3,4)30(5,6)39-31)13-24(27(32)35)26(23)34(25(22)11-20)16-19-7-8-19;1-15-12-33(13-16(2)37-15)28(36)19-7-8-21-22-9-20(25-17(3)30-31-32(25)4)10-23(27(29)35)26(22)34(24(21)11-19)14-18-5-6-18/h9-13,17-19H,7-8,14-16H2,1-6H3,(H2,32,35);7-11,15-16,18H,5-6,12-14H2,1-4H3,(H2,29,35)/t17-,18+;15-,16+. The van der Waals surface area contributed by atoms with Crippen LogP contribution in [-0.2, 0) is 38.9 Å². The van der Waals surface area contributed by atoms with E-state index in [0.29, 0.717) is 60.3 Å². The van der Waals surface area contributed by atoms with E-state index in [9.17, 15) is 19.2 Å². The van der Waals surface area contributed by atoms with Crippen molar-refractivity contribution in [3.8, 4) is 11.3 Å². The number of hydrogen-bond donors (Lipinski definition) is 2. The van der Waals surface area contributed by atoms with E-state index < -0.39 is 30.1 Å². The Morgan fingerprint density at radius 3 is 1.46 bits per heavy atom. The van der Waals surface area contributed by atoms with E-state index in [4.69, 9.17) is 30.2 Å². The smallest absolute Gasteiger partial charge is 0.399 e. The maximum atomic E-state index is 13.6. The molecule has 4 atom stereocenters. The van der Waals surface area contributed by atoms with Crippen molar-refractivity contribution in [2.45, 2.75) is 137 Å². The van der Waals surface area contributed by atoms with Crippen molar-refractivity contribution in [1.82, 2.24) is 33.9 Å². The molecule has 3 saturated heterocycles. The minimum absolute atomic E-state index is 0.000439. The van der Waals surface area contributed by atoms with Gasteiger partial charge in [-0.3, -0.25) is 19.2 Å². The molecule has 6 heterocycles. The second-order valence-corrected chi connectivity index (χ2v) is 23.4. The highest BCUT2D eigenvalue weighted by Gasteiger charge is 2.52. The number of rotatable bonds is 10. The summed E-state index contributed by atoms with van der Waals surface area (Å²) < 4.78 is 30.4. The molecule has 12 rings (SSSR count). The molecule has 17 nitrogen and oxygen atoms in total. The Bertz CT molecular complexity index is 3460. The molecule has 0 spiro atoms. The lowest BCUT2D eigenvalue weighted by Crippen LogP contribution is -2.48. The Balaban J connectivity index is 0.000000162. The van der Waals surface area contributed by atoms with E-state index in [1.165, 1.54) is 0 Å². The van der Waals surface area contributed by atoms with Gasteiger partial charge in [0.2, 0.25) is 0 Å². The summed E-state index contributed by atoms with van der Waals surface area (Å²) in [6, 6.07) is 19.6. The summed E-state index contributed by atoms with van der Waals surface area (Å²) in [6.45, 7) is 21.8. The van der Waals surface area contributed by atoms with Crippen molar-refractivity contribution in [1.29, 1.82) is 0 Å². The van der Waals surface area contributed by atoms with Gasteiger partial charge in [0.25, 0.3) is 23.6 Å². The topological polar surface area (TPSA) is 204 Å². The molecule has 5 aliphatic rings. The SMILES string of the molecule is C[C@@H]1CN(C(=O)c2ccc3c4cc(B5OC(C)(C)C(C)(C)O5)cc(C(N)=O)c4n(CC4CC4)c3c2)C[C@H](C)O1.Cc1nnn(C)c1-c1cc(C(N)=O)c2c(c1)c1ccc(C(=O)N3C[C@@H](C)O[C@@H](C)C3)cc1n2CC1CC1. The quantitative estimate of drug-likeness (QED) is 0.129. The average molecular weight is 1030 g/mol. The van der Waals surface area contributed by atoms with E-state index in [0.717, 1.165) is 105 Å². The maximum absolute atomic E-state index is 13.6. The van der Waals surface area contributed by atoms with E-state index >= 15 is 0 Å². The fourth-order valence-electron chi connectivity index (χ4n) is 11.8. The number of primary amides is 2. The fraction of sp³-hybridized carbons (Fsp3) is 0.483. The van der Waals surface area contributed by atoms with E-state index in [1.807, 2.05) is 128 Å². The number of ether oxygens (including phenoxy) is 2. The number of nitrogens with zero attached hydrogens (tertiary/aromatic N) is 7. The van der Waals surface area contributed by atoms with E-state index in [-0.39, 0.29) is 36.2 Å². The van der Waals surface area contributed by atoms with Gasteiger partial charge in [-0.1, -0.05) is 23.4 Å². The van der Waals surface area contributed by atoms with Crippen molar-refractivity contribution in [3.63, 3.8) is 0 Å². The Hall–Kier alpha value is -6.60. The fourth-order valence-corrected chi connectivity index (χ4v) is 11.8. The molecule has 0 radical (unpaired) electrons. The van der Waals surface area contributed by atoms with Crippen LogP contribution in [0.1, 0.15) is 128 Å². The lowest BCUT2D eigenvalue weighted by Gasteiger charge is -2.35. The molecule has 4 amide bonds. The van der Waals surface area contributed by atoms with Gasteiger partial charge in [0.15, 0.2) is 0 Å². The normalized spacial score (nSPS) is 22.4. The summed E-state index contributed by atoms with van der Waals surface area (Å²) in [5.41, 5.74) is 19.8. The van der Waals surface area contributed by atoms with Crippen molar-refractivity contribution in [3.05, 3.63) is 88.6 Å². The Morgan fingerprint density at radius 1 is 0.618 bits per heavy atom. The molecule has 0 bridgehead atoms. The first kappa shape index (κ1) is 51.5. The van der Waals surface area contributed by atoms with Gasteiger partial charge in [-0.25, -0.2) is 4.68 Å². The molecular formula is C58H70BN9O8. The third-order valence-corrected chi connectivity index (χ3v) is 16.4. The van der Waals surface area contributed by atoms with E-state index in [1.54, 1.807) is 4.68 Å². The predicted molar refractivity (Wildman–Crippen MR) is 294 cm³/mol. The number of aryl methyl sites for hydroxylation is 2. The second-order valence-electron chi connectivity index (χ2n) is 23.4. The van der Waals surface area contributed by atoms with Gasteiger partial charge in [-0.05, 0) is 148 Å². The molecule has 398 valence electrons. The van der Waals surface area contributed by atoms with Crippen LogP contribution in [0.2, 0.25) is 0 Å². The van der Waals surface area contributed by atoms with E-state index in [2.05, 4.69) is 31.6 Å². The lowest BCUT2D eigenvalue weighted by molar-refractivity contribution is -0.0586. The molecule has 4 N–H and O–H groups in total. The molecule has 76 heavy (non-hydrogen) atoms. The molecule has 2 aliphatic carbocycles. The molecule has 3 aliphatic heterocycles. The highest BCUT2D eigenvalue weighted by Crippen LogP contribution is 2.42. The van der Waals surface area contributed by atoms with Gasteiger partial charge >= 0.3 is 7.12 Å². The molecule has 5 fully saturated rings. The summed E-state index contributed by atoms with van der Waals surface area (Å²) in [5.74, 6) is 0.128. The number of hydrogen-bond acceptors (Lipinski definition) is 10. The summed E-state index contributed by atoms with van der Waals surface area (Å²) in [4.78, 5) is 56.5. The van der Waals surface area contributed by atoms with Crippen molar-refractivity contribution in [2.24, 2.45) is 30.4 Å². The monoisotopic (exact) mass is 1030 g/mol. The number of fused-ring (bicyclic) bond motifs is 6. The zero-order valence-corrected chi connectivity index (χ0v) is 45.4. The van der Waals surface area contributed by atoms with Gasteiger partial charge in [0.05, 0.1) is 69.2 Å². The largest absolute Gasteiger partial charge is 0.494 e. The summed E-state index contributed by atoms with van der Waals surface area (Å²) in [6.07, 6.45) is 4.62. The van der Waals surface area contributed by atoms with Gasteiger partial charge in [-0.2, -0.15) is 0 Å². The number of carbonyl (C=O) groups is 4. The molecule has 7 aromatic rings. The van der Waals surface area contributed by atoms with Crippen molar-refractivity contribution < 1.29 is 38.0 Å². The van der Waals surface area contributed by atoms with Crippen LogP contribution in [0.25, 0.3) is 54.9 Å². The second kappa shape index (κ2) is 19.1. The van der Waals surface area contributed by atoms with Crippen LogP contribution in [0.4, 0.5) is 0 Å². The third-order valence-electron chi connectivity index (χ3n) is 16.4. The number of aromatic nitrogens is 5. The first-order valence-electron chi connectivity index (χ1n) is 27.0. The molecule has 2 saturated carbocycles. The van der Waals surface area contributed by atoms with Gasteiger partial charge < -0.3 is 49.2 Å². The first-order chi connectivity index (χ1) is 36.0. The zero-order chi connectivity index (χ0) is 53.9. The van der Waals surface area contributed by atoms with Crippen LogP contribution in [0, 0.1) is 18.8 Å². The van der Waals surface area contributed by atoms with Crippen LogP contribution in [0.15, 0.2) is 60.7 Å². The maximum Gasteiger partial charge on any atom is 0.494 e. The number of amides is 4. The Labute approximate surface area is 443 Å². The van der Waals surface area contributed by atoms with Crippen LogP contribution >= 0.6 is 0 Å². The molecule has 4 aromatic carbocycles. The van der Waals surface area contributed by atoms with Gasteiger partial charge in [0.1, 0.15) is 0 Å². The predicted octanol–water partition coefficient (Wildman–Crippen LogP) is 7.51. The summed E-state index contributed by atoms with van der Waals surface area (Å²) >= 11 is 0. The number of carbonyl (C=O) groups excluding carboxylic acids is 4. The average Bonchev–Trinajstić information content (AvgIpc) is 4.28. The summed E-state index contributed by atoms with van der Waals surface area (Å²) in [5, 5.41) is 12.2. The number of morpholine rings is 2. The number of nitrogens with two attached hydrogens (primary N) is 2. The molecule has 18 heteroatoms. The molecular weight excluding hydrogens is 962 g/mol. The lowest BCUT2D eigenvalue weighted by atomic mass is 9.77. The van der Waals surface area contributed by atoms with Gasteiger partial charge in [0, 0.05) is 95.6 Å². The zero-order valence-electron chi connectivity index (χ0n) is 45.4. The third kappa shape index (κ3) is 9.44. The van der Waals surface area contributed by atoms with Crippen LogP contribution in [-0.4, -0.2) is 126 Å². The highest BCUT2D eigenvalue weighted by molar-refractivity contribution is 6.62. The van der Waals surface area contributed by atoms with Gasteiger partial charge in [-0.15, -0.1) is 5.10 Å². The minimum Gasteiger partial charge on any atom is -0.399 e. The molecule has 0 unspecified atom stereocenters. The van der Waals surface area contributed by atoms with Crippen molar-refractivity contribution in [2.75, 3.05) is 26.2 Å². The number of benzene rings is 4. The highest BCUT2D eigenvalue weighted by atomic mass is 16.7. The molecule has 3 aromatic heterocycles. The first-order valence-corrected chi connectivity index (χ1v) is 27.0. The minimum atomic E-state index is -0.620. The Kier molecular flexibility index (Phi) is 13.0. The van der Waals surface area contributed by atoms with Crippen LogP contribution in [0.3, 0.4) is 0 Å².